The molecule has 1 aliphatic rings. The lowest BCUT2D eigenvalue weighted by Crippen LogP contribution is -2.39. The van der Waals surface area contributed by atoms with Gasteiger partial charge in [0.05, 0.1) is 18.7 Å². The first-order chi connectivity index (χ1) is 13.7. The smallest absolute Gasteiger partial charge is 0.191 e. The van der Waals surface area contributed by atoms with E-state index >= 15 is 0 Å². The Morgan fingerprint density at radius 3 is 2.59 bits per heavy atom. The van der Waals surface area contributed by atoms with Crippen LogP contribution in [0.4, 0.5) is 5.69 Å². The summed E-state index contributed by atoms with van der Waals surface area (Å²) in [6.07, 6.45) is 5.26. The number of nitrogens with zero attached hydrogens (tertiary/aromatic N) is 3. The Morgan fingerprint density at radius 2 is 1.90 bits per heavy atom. The summed E-state index contributed by atoms with van der Waals surface area (Å²) in [6.45, 7) is 7.51. The van der Waals surface area contributed by atoms with E-state index in [1.165, 1.54) is 24.1 Å². The van der Waals surface area contributed by atoms with Crippen LogP contribution in [-0.2, 0) is 0 Å². The third kappa shape index (κ3) is 6.85. The number of guanidine groups is 1. The SMILES string of the molecule is CCNC(=NCC(O)c1ccncc1)NC(C)c1cccc(N2CCCC2)c1.I. The van der Waals surface area contributed by atoms with E-state index in [1.807, 2.05) is 19.1 Å². The second-order valence-electron chi connectivity index (χ2n) is 7.17. The van der Waals surface area contributed by atoms with Gasteiger partial charge in [-0.25, -0.2) is 0 Å². The number of hydrogen-bond acceptors (Lipinski definition) is 4. The maximum absolute atomic E-state index is 10.4. The standard InChI is InChI=1S/C22H31N5O.HI/c1-3-24-22(25-16-21(28)18-9-11-23-12-10-18)26-17(2)19-7-6-8-20(15-19)27-13-4-5-14-27;/h6-12,15,17,21,28H,3-5,13-14,16H2,1-2H3,(H2,24,25,26);1H. The summed E-state index contributed by atoms with van der Waals surface area (Å²) in [5.74, 6) is 0.703. The summed E-state index contributed by atoms with van der Waals surface area (Å²) in [5.41, 5.74) is 3.34. The number of aliphatic hydroxyl groups is 1. The first-order valence-electron chi connectivity index (χ1n) is 10.1. The molecule has 1 fully saturated rings. The topological polar surface area (TPSA) is 72.8 Å². The summed E-state index contributed by atoms with van der Waals surface area (Å²) in [4.78, 5) is 11.0. The zero-order valence-corrected chi connectivity index (χ0v) is 19.5. The van der Waals surface area contributed by atoms with Crippen molar-refractivity contribution >= 4 is 35.6 Å². The minimum Gasteiger partial charge on any atom is -0.386 e. The van der Waals surface area contributed by atoms with Crippen LogP contribution in [0.25, 0.3) is 0 Å². The average Bonchev–Trinajstić information content (AvgIpc) is 3.27. The highest BCUT2D eigenvalue weighted by Crippen LogP contribution is 2.24. The van der Waals surface area contributed by atoms with Crippen molar-refractivity contribution in [1.82, 2.24) is 15.6 Å². The second kappa shape index (κ2) is 12.0. The van der Waals surface area contributed by atoms with Crippen LogP contribution < -0.4 is 15.5 Å². The van der Waals surface area contributed by atoms with Crippen LogP contribution in [0.5, 0.6) is 0 Å². The normalized spacial score (nSPS) is 16.1. The van der Waals surface area contributed by atoms with Gasteiger partial charge < -0.3 is 20.6 Å². The summed E-state index contributed by atoms with van der Waals surface area (Å²) in [7, 11) is 0. The van der Waals surface area contributed by atoms with E-state index in [2.05, 4.69) is 56.7 Å². The number of halogens is 1. The number of aliphatic imine (C=N–C) groups is 1. The Balaban J connectivity index is 0.00000300. The number of pyridine rings is 1. The van der Waals surface area contributed by atoms with Crippen LogP contribution in [0, 0.1) is 0 Å². The average molecular weight is 509 g/mol. The molecule has 1 aromatic carbocycles. The van der Waals surface area contributed by atoms with Crippen molar-refractivity contribution in [3.8, 4) is 0 Å². The maximum atomic E-state index is 10.4. The monoisotopic (exact) mass is 509 g/mol. The molecule has 0 radical (unpaired) electrons. The Labute approximate surface area is 190 Å². The molecule has 29 heavy (non-hydrogen) atoms. The Hall–Kier alpha value is -1.87. The lowest BCUT2D eigenvalue weighted by Gasteiger charge is -2.22. The summed E-state index contributed by atoms with van der Waals surface area (Å²) in [5, 5.41) is 17.1. The molecular weight excluding hydrogens is 477 g/mol. The van der Waals surface area contributed by atoms with Crippen LogP contribution in [-0.4, -0.2) is 42.2 Å². The highest BCUT2D eigenvalue weighted by Gasteiger charge is 2.15. The number of aromatic nitrogens is 1. The predicted molar refractivity (Wildman–Crippen MR) is 130 cm³/mol. The quantitative estimate of drug-likeness (QED) is 0.302. The number of benzene rings is 1. The number of anilines is 1. The molecule has 3 N–H and O–H groups in total. The lowest BCUT2D eigenvalue weighted by atomic mass is 10.1. The lowest BCUT2D eigenvalue weighted by molar-refractivity contribution is 0.187. The Kier molecular flexibility index (Phi) is 9.66. The van der Waals surface area contributed by atoms with Gasteiger partial charge in [-0.1, -0.05) is 12.1 Å². The zero-order chi connectivity index (χ0) is 19.8. The highest BCUT2D eigenvalue weighted by molar-refractivity contribution is 14.0. The second-order valence-corrected chi connectivity index (χ2v) is 7.17. The molecule has 6 nitrogen and oxygen atoms in total. The fraction of sp³-hybridized carbons (Fsp3) is 0.455. The first kappa shape index (κ1) is 23.4. The van der Waals surface area contributed by atoms with E-state index in [1.54, 1.807) is 12.4 Å². The number of hydrogen-bond donors (Lipinski definition) is 3. The van der Waals surface area contributed by atoms with Gasteiger partial charge in [-0.15, -0.1) is 24.0 Å². The molecule has 2 heterocycles. The van der Waals surface area contributed by atoms with Gasteiger partial charge in [0.2, 0.25) is 0 Å². The summed E-state index contributed by atoms with van der Waals surface area (Å²) < 4.78 is 0. The molecule has 0 bridgehead atoms. The zero-order valence-electron chi connectivity index (χ0n) is 17.2. The molecular formula is C22H32IN5O. The summed E-state index contributed by atoms with van der Waals surface area (Å²) >= 11 is 0. The molecule has 1 saturated heterocycles. The van der Waals surface area contributed by atoms with E-state index < -0.39 is 6.10 Å². The van der Waals surface area contributed by atoms with Crippen molar-refractivity contribution in [3.63, 3.8) is 0 Å². The van der Waals surface area contributed by atoms with E-state index in [0.29, 0.717) is 12.5 Å². The first-order valence-corrected chi connectivity index (χ1v) is 10.1. The van der Waals surface area contributed by atoms with Gasteiger partial charge in [0.1, 0.15) is 0 Å². The molecule has 0 saturated carbocycles. The van der Waals surface area contributed by atoms with Crippen molar-refractivity contribution in [2.75, 3.05) is 31.1 Å². The van der Waals surface area contributed by atoms with Crippen molar-refractivity contribution in [1.29, 1.82) is 0 Å². The van der Waals surface area contributed by atoms with Gasteiger partial charge >= 0.3 is 0 Å². The largest absolute Gasteiger partial charge is 0.386 e. The van der Waals surface area contributed by atoms with Crippen LogP contribution in [0.1, 0.15) is 50.0 Å². The molecule has 1 aliphatic heterocycles. The van der Waals surface area contributed by atoms with Crippen LogP contribution in [0.2, 0.25) is 0 Å². The molecule has 0 spiro atoms. The van der Waals surface area contributed by atoms with Crippen LogP contribution in [0.15, 0.2) is 53.8 Å². The molecule has 2 aromatic rings. The molecule has 7 heteroatoms. The van der Waals surface area contributed by atoms with Gasteiger partial charge in [-0.05, 0) is 62.1 Å². The molecule has 0 amide bonds. The molecule has 1 aromatic heterocycles. The Morgan fingerprint density at radius 1 is 1.17 bits per heavy atom. The van der Waals surface area contributed by atoms with Gasteiger partial charge in [0.25, 0.3) is 0 Å². The third-order valence-electron chi connectivity index (χ3n) is 5.05. The van der Waals surface area contributed by atoms with Gasteiger partial charge in [0, 0.05) is 37.7 Å². The van der Waals surface area contributed by atoms with E-state index in [-0.39, 0.29) is 30.0 Å². The third-order valence-corrected chi connectivity index (χ3v) is 5.05. The minimum absolute atomic E-state index is 0. The van der Waals surface area contributed by atoms with Crippen molar-refractivity contribution in [2.45, 2.75) is 38.8 Å². The van der Waals surface area contributed by atoms with Crippen molar-refractivity contribution in [3.05, 3.63) is 59.9 Å². The molecule has 158 valence electrons. The molecule has 3 rings (SSSR count). The van der Waals surface area contributed by atoms with E-state index in [9.17, 15) is 5.11 Å². The van der Waals surface area contributed by atoms with E-state index in [4.69, 9.17) is 0 Å². The van der Waals surface area contributed by atoms with Crippen LogP contribution >= 0.6 is 24.0 Å². The molecule has 2 unspecified atom stereocenters. The summed E-state index contributed by atoms with van der Waals surface area (Å²) in [6, 6.07) is 12.5. The Bertz CT molecular complexity index is 765. The molecule has 2 atom stereocenters. The van der Waals surface area contributed by atoms with Gasteiger partial charge in [0.15, 0.2) is 5.96 Å². The fourth-order valence-corrected chi connectivity index (χ4v) is 3.44. The van der Waals surface area contributed by atoms with Crippen molar-refractivity contribution < 1.29 is 5.11 Å². The fourth-order valence-electron chi connectivity index (χ4n) is 3.44. The predicted octanol–water partition coefficient (Wildman–Crippen LogP) is 3.65. The van der Waals surface area contributed by atoms with Gasteiger partial charge in [-0.2, -0.15) is 0 Å². The highest BCUT2D eigenvalue weighted by atomic mass is 127. The minimum atomic E-state index is -0.646. The maximum Gasteiger partial charge on any atom is 0.191 e. The van der Waals surface area contributed by atoms with Crippen molar-refractivity contribution in [2.24, 2.45) is 4.99 Å². The van der Waals surface area contributed by atoms with E-state index in [0.717, 1.165) is 25.2 Å². The number of aliphatic hydroxyl groups excluding tert-OH is 1. The number of nitrogens with one attached hydrogen (secondary N) is 2. The molecule has 0 aliphatic carbocycles. The van der Waals surface area contributed by atoms with Gasteiger partial charge in [-0.3, -0.25) is 9.98 Å². The number of rotatable bonds is 7. The van der Waals surface area contributed by atoms with Crippen LogP contribution in [0.3, 0.4) is 0 Å².